The maximum absolute atomic E-state index is 5.19. The summed E-state index contributed by atoms with van der Waals surface area (Å²) < 4.78 is 9.92. The lowest BCUT2D eigenvalue weighted by Crippen LogP contribution is -1.91. The first-order valence-electron chi connectivity index (χ1n) is 5.04. The first kappa shape index (κ1) is 8.64. The van der Waals surface area contributed by atoms with Gasteiger partial charge in [0, 0.05) is 12.0 Å². The predicted octanol–water partition coefficient (Wildman–Crippen LogP) is 1.77. The van der Waals surface area contributed by atoms with Gasteiger partial charge in [0.25, 0.3) is 0 Å². The van der Waals surface area contributed by atoms with Crippen LogP contribution in [0.25, 0.3) is 0 Å². The van der Waals surface area contributed by atoms with Gasteiger partial charge in [-0.25, -0.2) is 0 Å². The van der Waals surface area contributed by atoms with Gasteiger partial charge in [-0.05, 0) is 12.3 Å². The predicted molar refractivity (Wildman–Crippen MR) is 50.1 cm³/mol. The summed E-state index contributed by atoms with van der Waals surface area (Å²) in [6.07, 6.45) is 3.27. The van der Waals surface area contributed by atoms with Gasteiger partial charge in [-0.2, -0.15) is 4.98 Å². The summed E-state index contributed by atoms with van der Waals surface area (Å²) in [4.78, 5) is 4.34. The maximum Gasteiger partial charge on any atom is 0.230 e. The largest absolute Gasteiger partial charge is 0.364 e. The highest BCUT2D eigenvalue weighted by Crippen LogP contribution is 2.45. The van der Waals surface area contributed by atoms with Crippen LogP contribution in [0.3, 0.4) is 0 Å². The van der Waals surface area contributed by atoms with Gasteiger partial charge in [-0.1, -0.05) is 17.2 Å². The Morgan fingerprint density at radius 3 is 3.00 bits per heavy atom. The molecule has 0 radical (unpaired) electrons. The lowest BCUT2D eigenvalue weighted by atomic mass is 10.3. The first-order valence-corrected chi connectivity index (χ1v) is 5.04. The Kier molecular flexibility index (Phi) is 1.83. The highest BCUT2D eigenvalue weighted by atomic mass is 16.5. The third-order valence-corrected chi connectivity index (χ3v) is 2.74. The average molecular weight is 205 g/mol. The van der Waals surface area contributed by atoms with Gasteiger partial charge in [0.15, 0.2) is 5.82 Å². The summed E-state index contributed by atoms with van der Waals surface area (Å²) >= 11 is 0. The molecule has 5 heteroatoms. The van der Waals surface area contributed by atoms with E-state index in [9.17, 15) is 0 Å². The second kappa shape index (κ2) is 3.18. The van der Waals surface area contributed by atoms with E-state index in [1.54, 1.807) is 12.3 Å². The summed E-state index contributed by atoms with van der Waals surface area (Å²) in [5.74, 6) is 2.60. The zero-order valence-corrected chi connectivity index (χ0v) is 8.38. The van der Waals surface area contributed by atoms with Crippen LogP contribution in [-0.2, 0) is 6.42 Å². The topological polar surface area (TPSA) is 65.0 Å². The van der Waals surface area contributed by atoms with Crippen LogP contribution in [0.15, 0.2) is 21.4 Å². The Hall–Kier alpha value is -1.65. The molecule has 0 spiro atoms. The van der Waals surface area contributed by atoms with Crippen molar-refractivity contribution in [3.8, 4) is 0 Å². The first-order chi connectivity index (χ1) is 7.33. The van der Waals surface area contributed by atoms with Crippen molar-refractivity contribution in [2.45, 2.75) is 25.7 Å². The van der Waals surface area contributed by atoms with Gasteiger partial charge in [0.05, 0.1) is 12.1 Å². The maximum atomic E-state index is 5.19. The summed E-state index contributed by atoms with van der Waals surface area (Å²) in [5, 5.41) is 7.72. The summed E-state index contributed by atoms with van der Waals surface area (Å²) in [5.41, 5.74) is 0.825. The quantitative estimate of drug-likeness (QED) is 0.764. The fourth-order valence-electron chi connectivity index (χ4n) is 1.65. The van der Waals surface area contributed by atoms with Crippen molar-refractivity contribution in [1.29, 1.82) is 0 Å². The Morgan fingerprint density at radius 1 is 1.47 bits per heavy atom. The van der Waals surface area contributed by atoms with E-state index >= 15 is 0 Å². The molecule has 0 aromatic carbocycles. The number of rotatable bonds is 3. The van der Waals surface area contributed by atoms with E-state index in [0.717, 1.165) is 18.0 Å². The highest BCUT2D eigenvalue weighted by Gasteiger charge is 2.38. The van der Waals surface area contributed by atoms with Crippen molar-refractivity contribution in [2.75, 3.05) is 0 Å². The van der Waals surface area contributed by atoms with Gasteiger partial charge in [0.1, 0.15) is 6.26 Å². The number of aromatic nitrogens is 3. The lowest BCUT2D eigenvalue weighted by Gasteiger charge is -1.85. The van der Waals surface area contributed by atoms with Crippen molar-refractivity contribution in [3.63, 3.8) is 0 Å². The minimum Gasteiger partial charge on any atom is -0.364 e. The number of hydrogen-bond donors (Lipinski definition) is 0. The minimum atomic E-state index is 0.476. The summed E-state index contributed by atoms with van der Waals surface area (Å²) in [6.45, 7) is 2.19. The van der Waals surface area contributed by atoms with Gasteiger partial charge in [-0.3, -0.25) is 0 Å². The molecule has 1 aliphatic rings. The zero-order valence-electron chi connectivity index (χ0n) is 8.38. The minimum absolute atomic E-state index is 0.476. The van der Waals surface area contributed by atoms with E-state index in [1.165, 1.54) is 0 Å². The fraction of sp³-hybridized carbons (Fsp3) is 0.500. The third kappa shape index (κ3) is 1.65. The molecule has 1 saturated carbocycles. The summed E-state index contributed by atoms with van der Waals surface area (Å²) in [7, 11) is 0. The molecule has 78 valence electrons. The van der Waals surface area contributed by atoms with Gasteiger partial charge >= 0.3 is 0 Å². The molecule has 3 rings (SSSR count). The van der Waals surface area contributed by atoms with Crippen LogP contribution in [0, 0.1) is 5.92 Å². The molecule has 0 N–H and O–H groups in total. The zero-order chi connectivity index (χ0) is 10.3. The molecule has 0 unspecified atom stereocenters. The molecule has 15 heavy (non-hydrogen) atoms. The van der Waals surface area contributed by atoms with E-state index in [-0.39, 0.29) is 0 Å². The monoisotopic (exact) mass is 205 g/mol. The Labute approximate surface area is 86.5 Å². The second-order valence-electron chi connectivity index (χ2n) is 4.04. The average Bonchev–Trinajstić information content (AvgIpc) is 2.74. The summed E-state index contributed by atoms with van der Waals surface area (Å²) in [6, 6.07) is 1.80. The molecule has 1 fully saturated rings. The van der Waals surface area contributed by atoms with Crippen molar-refractivity contribution >= 4 is 0 Å². The third-order valence-electron chi connectivity index (χ3n) is 2.74. The molecular formula is C10H11N3O2. The van der Waals surface area contributed by atoms with Crippen LogP contribution in [-0.4, -0.2) is 15.3 Å². The molecule has 1 aliphatic carbocycles. The van der Waals surface area contributed by atoms with Crippen LogP contribution in [0.4, 0.5) is 0 Å². The molecule has 0 amide bonds. The van der Waals surface area contributed by atoms with E-state index in [2.05, 4.69) is 22.2 Å². The normalized spacial score (nSPS) is 24.3. The van der Waals surface area contributed by atoms with Crippen molar-refractivity contribution < 1.29 is 9.05 Å². The molecule has 0 saturated heterocycles. The molecule has 5 nitrogen and oxygen atoms in total. The molecule has 2 aromatic rings. The van der Waals surface area contributed by atoms with E-state index in [4.69, 9.17) is 9.05 Å². The Morgan fingerprint density at radius 2 is 2.33 bits per heavy atom. The number of hydrogen-bond acceptors (Lipinski definition) is 5. The molecule has 2 aromatic heterocycles. The number of nitrogens with zero attached hydrogens (tertiary/aromatic N) is 3. The molecular weight excluding hydrogens is 194 g/mol. The second-order valence-corrected chi connectivity index (χ2v) is 4.04. The van der Waals surface area contributed by atoms with Crippen LogP contribution >= 0.6 is 0 Å². The van der Waals surface area contributed by atoms with E-state index in [0.29, 0.717) is 24.1 Å². The van der Waals surface area contributed by atoms with Gasteiger partial charge in [-0.15, -0.1) is 0 Å². The Balaban J connectivity index is 1.74. The highest BCUT2D eigenvalue weighted by molar-refractivity contribution is 5.09. The molecule has 2 heterocycles. The molecule has 0 aliphatic heterocycles. The van der Waals surface area contributed by atoms with Gasteiger partial charge < -0.3 is 9.05 Å². The molecule has 0 bridgehead atoms. The van der Waals surface area contributed by atoms with Crippen molar-refractivity contribution in [1.82, 2.24) is 15.3 Å². The lowest BCUT2D eigenvalue weighted by molar-refractivity contribution is 0.371. The van der Waals surface area contributed by atoms with Gasteiger partial charge in [0.2, 0.25) is 5.89 Å². The van der Waals surface area contributed by atoms with Crippen LogP contribution in [0.1, 0.15) is 36.7 Å². The smallest absolute Gasteiger partial charge is 0.230 e. The van der Waals surface area contributed by atoms with E-state index in [1.807, 2.05) is 0 Å². The van der Waals surface area contributed by atoms with Crippen molar-refractivity contribution in [3.05, 3.63) is 29.7 Å². The van der Waals surface area contributed by atoms with Crippen LogP contribution in [0.5, 0.6) is 0 Å². The van der Waals surface area contributed by atoms with Crippen molar-refractivity contribution in [2.24, 2.45) is 5.92 Å². The molecule has 2 atom stereocenters. The standard InChI is InChI=1S/C10H11N3O2/c1-6-4-8(6)10-11-9(13-15-10)5-7-2-3-14-12-7/h2-3,6,8H,4-5H2,1H3/t6-,8+/m1/s1. The fourth-order valence-corrected chi connectivity index (χ4v) is 1.65. The Bertz CT molecular complexity index is 449. The SMILES string of the molecule is C[C@@H]1C[C@@H]1c1nc(Cc2ccon2)no1. The van der Waals surface area contributed by atoms with Crippen LogP contribution < -0.4 is 0 Å². The van der Waals surface area contributed by atoms with Crippen LogP contribution in [0.2, 0.25) is 0 Å². The van der Waals surface area contributed by atoms with E-state index < -0.39 is 0 Å².